The largest absolute Gasteiger partial charge is 0.497 e. The number of amidine groups is 1. The van der Waals surface area contributed by atoms with E-state index in [0.29, 0.717) is 15.2 Å². The van der Waals surface area contributed by atoms with E-state index in [4.69, 9.17) is 4.74 Å². The average molecular weight is 429 g/mol. The topological polar surface area (TPSA) is 76.5 Å². The number of aromatic nitrogens is 2. The van der Waals surface area contributed by atoms with Crippen molar-refractivity contribution in [3.8, 4) is 16.3 Å². The number of aryl methyl sites for hydroxylation is 2. The van der Waals surface area contributed by atoms with Crippen molar-refractivity contribution in [3.63, 3.8) is 0 Å². The molecule has 1 fully saturated rings. The third-order valence-corrected chi connectivity index (χ3v) is 6.63. The number of ether oxygens (including phenoxy) is 1. The molecule has 1 N–H and O–H groups in total. The number of aliphatic imine (C=N–C) groups is 1. The summed E-state index contributed by atoms with van der Waals surface area (Å²) in [6, 6.07) is 7.53. The van der Waals surface area contributed by atoms with Crippen molar-refractivity contribution in [3.05, 3.63) is 50.8 Å². The molecule has 2 aromatic heterocycles. The first-order valence-corrected chi connectivity index (χ1v) is 10.9. The zero-order valence-corrected chi connectivity index (χ0v) is 17.8. The Morgan fingerprint density at radius 1 is 1.18 bits per heavy atom. The summed E-state index contributed by atoms with van der Waals surface area (Å²) in [6.45, 7) is 3.96. The number of carbonyl (C=O) groups is 1. The molecule has 1 aromatic carbocycles. The van der Waals surface area contributed by atoms with Crippen LogP contribution in [0.5, 0.6) is 5.75 Å². The van der Waals surface area contributed by atoms with Crippen molar-refractivity contribution >= 4 is 56.7 Å². The number of benzene rings is 1. The molecule has 0 spiro atoms. The average Bonchev–Trinajstić information content (AvgIpc) is 3.36. The summed E-state index contributed by atoms with van der Waals surface area (Å²) in [5, 5.41) is 6.91. The number of nitrogens with one attached hydrogen (secondary N) is 1. The van der Waals surface area contributed by atoms with E-state index in [1.165, 1.54) is 23.1 Å². The molecule has 9 heteroatoms. The highest BCUT2D eigenvalue weighted by molar-refractivity contribution is 8.18. The standard InChI is InChI=1S/C19H16N4O2S3/c1-10-16(27-11(2)20-10)14-9-26-18(21-14)23-19-22-17(24)15(28-19)8-12-4-6-13(25-3)7-5-12/h4-9H,1-3H3,(H,21,22,23,24)/b15-8+. The summed E-state index contributed by atoms with van der Waals surface area (Å²) in [7, 11) is 1.62. The second kappa shape index (κ2) is 7.86. The van der Waals surface area contributed by atoms with E-state index in [-0.39, 0.29) is 5.91 Å². The number of amides is 1. The number of thioether (sulfide) groups is 1. The Morgan fingerprint density at radius 2 is 1.96 bits per heavy atom. The highest BCUT2D eigenvalue weighted by Gasteiger charge is 2.24. The van der Waals surface area contributed by atoms with Crippen LogP contribution in [0.4, 0.5) is 5.13 Å². The zero-order chi connectivity index (χ0) is 19.7. The maximum atomic E-state index is 12.2. The van der Waals surface area contributed by atoms with Crippen LogP contribution in [0.2, 0.25) is 0 Å². The van der Waals surface area contributed by atoms with E-state index in [1.807, 2.05) is 49.6 Å². The van der Waals surface area contributed by atoms with Gasteiger partial charge < -0.3 is 10.1 Å². The van der Waals surface area contributed by atoms with Gasteiger partial charge in [-0.25, -0.2) is 9.97 Å². The van der Waals surface area contributed by atoms with E-state index in [1.54, 1.807) is 18.4 Å². The highest BCUT2D eigenvalue weighted by atomic mass is 32.2. The van der Waals surface area contributed by atoms with Crippen LogP contribution in [0, 0.1) is 13.8 Å². The molecule has 1 amide bonds. The van der Waals surface area contributed by atoms with Crippen LogP contribution >= 0.6 is 34.4 Å². The molecule has 1 aliphatic rings. The molecule has 0 saturated carbocycles. The molecule has 0 radical (unpaired) electrons. The van der Waals surface area contributed by atoms with Crippen molar-refractivity contribution in [1.82, 2.24) is 15.3 Å². The Balaban J connectivity index is 1.53. The lowest BCUT2D eigenvalue weighted by Crippen LogP contribution is -2.19. The molecule has 4 rings (SSSR count). The summed E-state index contributed by atoms with van der Waals surface area (Å²) >= 11 is 4.37. The van der Waals surface area contributed by atoms with E-state index >= 15 is 0 Å². The number of hydrogen-bond donors (Lipinski definition) is 1. The minimum absolute atomic E-state index is 0.162. The van der Waals surface area contributed by atoms with Gasteiger partial charge in [-0.2, -0.15) is 4.99 Å². The Bertz CT molecular complexity index is 1100. The number of methoxy groups -OCH3 is 1. The lowest BCUT2D eigenvalue weighted by molar-refractivity contribution is -0.115. The smallest absolute Gasteiger partial charge is 0.264 e. The monoisotopic (exact) mass is 428 g/mol. The number of thiazole rings is 2. The highest BCUT2D eigenvalue weighted by Crippen LogP contribution is 2.34. The molecule has 28 heavy (non-hydrogen) atoms. The van der Waals surface area contributed by atoms with Gasteiger partial charge in [0.05, 0.1) is 33.3 Å². The first kappa shape index (κ1) is 18.9. The molecular weight excluding hydrogens is 412 g/mol. The zero-order valence-electron chi connectivity index (χ0n) is 15.3. The Hall–Kier alpha value is -2.49. The summed E-state index contributed by atoms with van der Waals surface area (Å²) in [6.07, 6.45) is 1.83. The van der Waals surface area contributed by atoms with Crippen molar-refractivity contribution in [2.24, 2.45) is 4.99 Å². The van der Waals surface area contributed by atoms with Crippen LogP contribution in [-0.4, -0.2) is 28.2 Å². The normalized spacial score (nSPS) is 16.8. The molecule has 0 bridgehead atoms. The molecule has 3 heterocycles. The minimum Gasteiger partial charge on any atom is -0.497 e. The number of nitrogens with zero attached hydrogens (tertiary/aromatic N) is 3. The van der Waals surface area contributed by atoms with Gasteiger partial charge in [-0.05, 0) is 49.4 Å². The number of hydrogen-bond acceptors (Lipinski definition) is 8. The molecule has 0 unspecified atom stereocenters. The van der Waals surface area contributed by atoms with Crippen LogP contribution in [0.1, 0.15) is 16.3 Å². The predicted octanol–water partition coefficient (Wildman–Crippen LogP) is 4.78. The van der Waals surface area contributed by atoms with E-state index in [0.717, 1.165) is 32.6 Å². The number of rotatable bonds is 4. The van der Waals surface area contributed by atoms with Crippen molar-refractivity contribution < 1.29 is 9.53 Å². The quantitative estimate of drug-likeness (QED) is 0.605. The van der Waals surface area contributed by atoms with Crippen LogP contribution in [0.15, 0.2) is 39.5 Å². The predicted molar refractivity (Wildman–Crippen MR) is 116 cm³/mol. The molecule has 3 aromatic rings. The van der Waals surface area contributed by atoms with E-state index in [9.17, 15) is 4.79 Å². The second-order valence-corrected chi connectivity index (χ2v) is 8.99. The van der Waals surface area contributed by atoms with Gasteiger partial charge in [0.25, 0.3) is 5.91 Å². The molecule has 1 saturated heterocycles. The molecule has 0 aliphatic carbocycles. The SMILES string of the molecule is COc1ccc(/C=C2/S/C(=N/c3nc(-c4sc(C)nc4C)cs3)NC2=O)cc1. The third-order valence-electron chi connectivity index (χ3n) is 3.89. The fraction of sp³-hybridized carbons (Fsp3) is 0.158. The summed E-state index contributed by atoms with van der Waals surface area (Å²) in [5.74, 6) is 0.615. The van der Waals surface area contributed by atoms with Crippen LogP contribution in [0.3, 0.4) is 0 Å². The summed E-state index contributed by atoms with van der Waals surface area (Å²) in [5.41, 5.74) is 2.77. The van der Waals surface area contributed by atoms with Gasteiger partial charge >= 0.3 is 0 Å². The Labute approximate surface area is 174 Å². The van der Waals surface area contributed by atoms with Gasteiger partial charge in [0.1, 0.15) is 5.75 Å². The molecular formula is C19H16N4O2S3. The molecule has 6 nitrogen and oxygen atoms in total. The molecule has 142 valence electrons. The van der Waals surface area contributed by atoms with Gasteiger partial charge in [-0.15, -0.1) is 22.7 Å². The fourth-order valence-electron chi connectivity index (χ4n) is 2.61. The lowest BCUT2D eigenvalue weighted by Gasteiger charge is -1.99. The van der Waals surface area contributed by atoms with Gasteiger partial charge in [0.2, 0.25) is 5.13 Å². The van der Waals surface area contributed by atoms with Crippen molar-refractivity contribution in [2.45, 2.75) is 13.8 Å². The second-order valence-electron chi connectivity index (χ2n) is 5.92. The molecule has 1 aliphatic heterocycles. The van der Waals surface area contributed by atoms with Gasteiger partial charge in [-0.3, -0.25) is 4.79 Å². The lowest BCUT2D eigenvalue weighted by atomic mass is 10.2. The fourth-order valence-corrected chi connectivity index (χ4v) is 5.13. The Kier molecular flexibility index (Phi) is 5.29. The maximum absolute atomic E-state index is 12.2. The third kappa shape index (κ3) is 4.01. The van der Waals surface area contributed by atoms with Gasteiger partial charge in [0, 0.05) is 5.38 Å². The van der Waals surface area contributed by atoms with Crippen molar-refractivity contribution in [1.29, 1.82) is 0 Å². The summed E-state index contributed by atoms with van der Waals surface area (Å²) in [4.78, 5) is 27.4. The van der Waals surface area contributed by atoms with E-state index < -0.39 is 0 Å². The molecule has 0 atom stereocenters. The van der Waals surface area contributed by atoms with Crippen LogP contribution in [-0.2, 0) is 4.79 Å². The maximum Gasteiger partial charge on any atom is 0.264 e. The minimum atomic E-state index is -0.162. The summed E-state index contributed by atoms with van der Waals surface area (Å²) < 4.78 is 5.15. The Morgan fingerprint density at radius 3 is 2.64 bits per heavy atom. The van der Waals surface area contributed by atoms with Gasteiger partial charge in [0.15, 0.2) is 5.17 Å². The van der Waals surface area contributed by atoms with Crippen LogP contribution < -0.4 is 10.1 Å². The van der Waals surface area contributed by atoms with Gasteiger partial charge in [-0.1, -0.05) is 12.1 Å². The first-order valence-electron chi connectivity index (χ1n) is 8.35. The number of carbonyl (C=O) groups excluding carboxylic acids is 1. The van der Waals surface area contributed by atoms with E-state index in [2.05, 4.69) is 20.3 Å². The van der Waals surface area contributed by atoms with Crippen LogP contribution in [0.25, 0.3) is 16.6 Å². The van der Waals surface area contributed by atoms with Crippen molar-refractivity contribution in [2.75, 3.05) is 7.11 Å². The first-order chi connectivity index (χ1) is 13.5.